The molecule has 170 valence electrons. The average Bonchev–Trinajstić information content (AvgIpc) is 3.43. The smallest absolute Gasteiger partial charge is 0.339 e. The van der Waals surface area contributed by atoms with E-state index in [9.17, 15) is 9.59 Å². The van der Waals surface area contributed by atoms with Crippen LogP contribution in [0.4, 0.5) is 0 Å². The largest absolute Gasteiger partial charge is 0.461 e. The molecule has 1 aliphatic heterocycles. The maximum absolute atomic E-state index is 12.7. The number of furan rings is 1. The molecule has 33 heavy (non-hydrogen) atoms. The molecule has 0 saturated carbocycles. The summed E-state index contributed by atoms with van der Waals surface area (Å²) in [5, 5.41) is 4.75. The average molecular weight is 446 g/mol. The third-order valence-corrected chi connectivity index (χ3v) is 6.49. The number of amides is 1. The summed E-state index contributed by atoms with van der Waals surface area (Å²) in [6, 6.07) is 13.9. The van der Waals surface area contributed by atoms with Gasteiger partial charge in [-0.05, 0) is 50.3 Å². The molecule has 1 amide bonds. The number of benzene rings is 2. The fraction of sp³-hybridized carbons (Fsp3) is 0.333. The predicted octanol–water partition coefficient (Wildman–Crippen LogP) is 5.05. The molecule has 1 atom stereocenters. The van der Waals surface area contributed by atoms with Crippen molar-refractivity contribution >= 4 is 27.8 Å². The summed E-state index contributed by atoms with van der Waals surface area (Å²) in [6.45, 7) is 5.13. The second-order valence-electron chi connectivity index (χ2n) is 8.68. The number of ether oxygens (including phenoxy) is 1. The van der Waals surface area contributed by atoms with Crippen molar-refractivity contribution in [2.75, 3.05) is 13.2 Å². The maximum atomic E-state index is 12.7. The quantitative estimate of drug-likeness (QED) is 0.420. The molecule has 1 aliphatic rings. The number of hydrogen-bond donors (Lipinski definition) is 1. The van der Waals surface area contributed by atoms with Crippen LogP contribution in [0.2, 0.25) is 0 Å². The zero-order valence-electron chi connectivity index (χ0n) is 18.9. The van der Waals surface area contributed by atoms with Crippen LogP contribution in [0.3, 0.4) is 0 Å². The fourth-order valence-electron chi connectivity index (χ4n) is 4.71. The molecule has 1 saturated heterocycles. The van der Waals surface area contributed by atoms with Gasteiger partial charge in [0.05, 0.1) is 6.10 Å². The summed E-state index contributed by atoms with van der Waals surface area (Å²) in [6.07, 6.45) is 2.66. The Bertz CT molecular complexity index is 1380. The molecule has 1 fully saturated rings. The van der Waals surface area contributed by atoms with E-state index in [1.807, 2.05) is 38.1 Å². The Morgan fingerprint density at radius 1 is 1.06 bits per heavy atom. The second-order valence-corrected chi connectivity index (χ2v) is 8.68. The Balaban J connectivity index is 1.45. The first-order valence-corrected chi connectivity index (χ1v) is 11.4. The molecule has 0 aliphatic carbocycles. The zero-order chi connectivity index (χ0) is 22.9. The van der Waals surface area contributed by atoms with Gasteiger partial charge in [-0.15, -0.1) is 0 Å². The molecular weight excluding hydrogens is 418 g/mol. The molecule has 0 spiro atoms. The first-order valence-electron chi connectivity index (χ1n) is 11.4. The molecule has 6 heteroatoms. The molecule has 1 N–H and O–H groups in total. The summed E-state index contributed by atoms with van der Waals surface area (Å²) in [4.78, 5) is 25.0. The molecule has 3 heterocycles. The lowest BCUT2D eigenvalue weighted by atomic mass is 9.98. The van der Waals surface area contributed by atoms with Gasteiger partial charge in [0.15, 0.2) is 0 Å². The number of carbonyl (C=O) groups is 1. The van der Waals surface area contributed by atoms with Crippen LogP contribution in [0.5, 0.6) is 0 Å². The van der Waals surface area contributed by atoms with Gasteiger partial charge in [0.2, 0.25) is 5.91 Å². The van der Waals surface area contributed by atoms with Crippen molar-refractivity contribution in [3.63, 3.8) is 0 Å². The maximum Gasteiger partial charge on any atom is 0.339 e. The van der Waals surface area contributed by atoms with Crippen molar-refractivity contribution in [2.24, 2.45) is 0 Å². The summed E-state index contributed by atoms with van der Waals surface area (Å²) in [5.41, 5.74) is 4.26. The highest BCUT2D eigenvalue weighted by atomic mass is 16.5. The van der Waals surface area contributed by atoms with Crippen molar-refractivity contribution in [2.45, 2.75) is 45.6 Å². The monoisotopic (exact) mass is 445 g/mol. The third kappa shape index (κ3) is 4.18. The van der Waals surface area contributed by atoms with E-state index in [0.29, 0.717) is 29.7 Å². The Morgan fingerprint density at radius 2 is 1.85 bits per heavy atom. The highest BCUT2D eigenvalue weighted by Gasteiger charge is 2.19. The number of hydrogen-bond acceptors (Lipinski definition) is 5. The second kappa shape index (κ2) is 8.87. The Kier molecular flexibility index (Phi) is 5.77. The van der Waals surface area contributed by atoms with Crippen molar-refractivity contribution in [1.29, 1.82) is 0 Å². The van der Waals surface area contributed by atoms with Gasteiger partial charge in [-0.1, -0.05) is 30.3 Å². The van der Waals surface area contributed by atoms with Gasteiger partial charge in [-0.3, -0.25) is 4.79 Å². The van der Waals surface area contributed by atoms with Gasteiger partial charge in [-0.25, -0.2) is 4.79 Å². The Hall–Kier alpha value is -3.38. The molecule has 2 aromatic carbocycles. The van der Waals surface area contributed by atoms with Gasteiger partial charge in [-0.2, -0.15) is 0 Å². The van der Waals surface area contributed by atoms with Crippen molar-refractivity contribution in [1.82, 2.24) is 5.32 Å². The summed E-state index contributed by atoms with van der Waals surface area (Å²) >= 11 is 0. The Labute approximate surface area is 191 Å². The number of carbonyl (C=O) groups excluding carboxylic acids is 1. The lowest BCUT2D eigenvalue weighted by molar-refractivity contribution is -0.121. The van der Waals surface area contributed by atoms with E-state index < -0.39 is 5.63 Å². The van der Waals surface area contributed by atoms with Crippen LogP contribution < -0.4 is 10.9 Å². The van der Waals surface area contributed by atoms with Crippen LogP contribution in [-0.4, -0.2) is 25.2 Å². The zero-order valence-corrected chi connectivity index (χ0v) is 18.9. The molecule has 0 radical (unpaired) electrons. The highest BCUT2D eigenvalue weighted by molar-refractivity contribution is 6.03. The van der Waals surface area contributed by atoms with Crippen LogP contribution in [0, 0.1) is 13.8 Å². The molecule has 1 unspecified atom stereocenters. The SMILES string of the molecule is Cc1oc2cc3oc(=O)c(CCC(=O)NCC4CCCO4)c(C)c3cc2c1-c1ccccc1. The van der Waals surface area contributed by atoms with Crippen LogP contribution in [0.25, 0.3) is 33.1 Å². The predicted molar refractivity (Wildman–Crippen MR) is 127 cm³/mol. The van der Waals surface area contributed by atoms with Gasteiger partial charge in [0, 0.05) is 47.5 Å². The minimum atomic E-state index is -0.405. The molecule has 5 rings (SSSR count). The van der Waals surface area contributed by atoms with Crippen LogP contribution in [0.1, 0.15) is 36.1 Å². The van der Waals surface area contributed by atoms with Gasteiger partial charge < -0.3 is 18.9 Å². The van der Waals surface area contributed by atoms with Crippen LogP contribution in [0.15, 0.2) is 56.1 Å². The summed E-state index contributed by atoms with van der Waals surface area (Å²) in [5.74, 6) is 0.728. The minimum Gasteiger partial charge on any atom is -0.461 e. The summed E-state index contributed by atoms with van der Waals surface area (Å²) < 4.78 is 17.2. The van der Waals surface area contributed by atoms with E-state index in [2.05, 4.69) is 17.4 Å². The highest BCUT2D eigenvalue weighted by Crippen LogP contribution is 2.37. The van der Waals surface area contributed by atoms with E-state index in [-0.39, 0.29) is 18.4 Å². The van der Waals surface area contributed by atoms with Crippen LogP contribution in [-0.2, 0) is 16.0 Å². The van der Waals surface area contributed by atoms with E-state index in [0.717, 1.165) is 52.7 Å². The third-order valence-electron chi connectivity index (χ3n) is 6.49. The number of nitrogens with one attached hydrogen (secondary N) is 1. The topological polar surface area (TPSA) is 81.7 Å². The molecule has 6 nitrogen and oxygen atoms in total. The van der Waals surface area contributed by atoms with Crippen LogP contribution >= 0.6 is 0 Å². The lowest BCUT2D eigenvalue weighted by Gasteiger charge is -2.11. The van der Waals surface area contributed by atoms with Crippen molar-refractivity contribution in [3.8, 4) is 11.1 Å². The molecule has 4 aromatic rings. The van der Waals surface area contributed by atoms with Gasteiger partial charge in [0.1, 0.15) is 16.9 Å². The lowest BCUT2D eigenvalue weighted by Crippen LogP contribution is -2.32. The molecule has 2 aromatic heterocycles. The number of rotatable bonds is 6. The normalized spacial score (nSPS) is 16.0. The van der Waals surface area contributed by atoms with Gasteiger partial charge >= 0.3 is 5.63 Å². The first kappa shape index (κ1) is 21.5. The van der Waals surface area contributed by atoms with Gasteiger partial charge in [0.25, 0.3) is 0 Å². The summed E-state index contributed by atoms with van der Waals surface area (Å²) in [7, 11) is 0. The Morgan fingerprint density at radius 3 is 2.61 bits per heavy atom. The van der Waals surface area contributed by atoms with E-state index in [4.69, 9.17) is 13.6 Å². The standard InChI is InChI=1S/C27H27NO5/c1-16-20(10-11-25(29)28-15-19-9-6-12-31-19)27(30)33-23-14-24-22(13-21(16)23)26(17(2)32-24)18-7-4-3-5-8-18/h3-5,7-8,13-14,19H,6,9-12,15H2,1-2H3,(H,28,29). The van der Waals surface area contributed by atoms with Crippen molar-refractivity contribution in [3.05, 3.63) is 69.8 Å². The first-order chi connectivity index (χ1) is 16.0. The number of fused-ring (bicyclic) bond motifs is 2. The fourth-order valence-corrected chi connectivity index (χ4v) is 4.71. The van der Waals surface area contributed by atoms with E-state index in [1.165, 1.54) is 0 Å². The van der Waals surface area contributed by atoms with E-state index >= 15 is 0 Å². The molecule has 0 bridgehead atoms. The minimum absolute atomic E-state index is 0.0864. The van der Waals surface area contributed by atoms with E-state index in [1.54, 1.807) is 6.07 Å². The molecular formula is C27H27NO5. The number of aryl methyl sites for hydroxylation is 2. The van der Waals surface area contributed by atoms with Crippen molar-refractivity contribution < 1.29 is 18.4 Å².